The van der Waals surface area contributed by atoms with Gasteiger partial charge in [0.15, 0.2) is 4.96 Å². The molecule has 0 unspecified atom stereocenters. The van der Waals surface area contributed by atoms with Gasteiger partial charge >= 0.3 is 0 Å². The number of fused-ring (bicyclic) bond motifs is 1. The number of carbonyl (C=O) groups is 2. The van der Waals surface area contributed by atoms with Crippen molar-refractivity contribution < 1.29 is 9.59 Å². The normalized spacial score (nSPS) is 11.0. The number of nitrogens with zero attached hydrogens (tertiary/aromatic N) is 2. The average Bonchev–Trinajstić information content (AvgIpc) is 2.85. The van der Waals surface area contributed by atoms with E-state index in [-0.39, 0.29) is 18.0 Å². The molecule has 2 rings (SSSR count). The van der Waals surface area contributed by atoms with Crippen LogP contribution in [0.5, 0.6) is 0 Å². The maximum absolute atomic E-state index is 12.2. The van der Waals surface area contributed by atoms with Gasteiger partial charge in [-0.1, -0.05) is 6.08 Å². The summed E-state index contributed by atoms with van der Waals surface area (Å²) in [5, 5.41) is 4.95. The second-order valence-electron chi connectivity index (χ2n) is 4.20. The molecule has 0 saturated carbocycles. The number of rotatable bonds is 4. The lowest BCUT2D eigenvalue weighted by molar-refractivity contribution is -0.116. The molecule has 2 heterocycles. The zero-order valence-corrected chi connectivity index (χ0v) is 12.4. The van der Waals surface area contributed by atoms with Crippen molar-refractivity contribution in [1.29, 1.82) is 0 Å². The highest BCUT2D eigenvalue weighted by Crippen LogP contribution is 2.12. The topological polar surface area (TPSA) is 92.6 Å². The van der Waals surface area contributed by atoms with Crippen molar-refractivity contribution in [3.63, 3.8) is 0 Å². The van der Waals surface area contributed by atoms with Crippen LogP contribution in [-0.2, 0) is 4.79 Å². The van der Waals surface area contributed by atoms with E-state index in [0.717, 1.165) is 4.88 Å². The molecular weight excluding hydrogens is 292 g/mol. The van der Waals surface area contributed by atoms with Gasteiger partial charge in [-0.05, 0) is 6.92 Å². The Morgan fingerprint density at radius 1 is 1.48 bits per heavy atom. The molecule has 0 aliphatic rings. The van der Waals surface area contributed by atoms with Gasteiger partial charge < -0.3 is 10.6 Å². The van der Waals surface area contributed by atoms with Crippen LogP contribution < -0.4 is 16.2 Å². The minimum atomic E-state index is -0.521. The molecule has 0 fully saturated rings. The van der Waals surface area contributed by atoms with Crippen LogP contribution in [0, 0.1) is 6.92 Å². The summed E-state index contributed by atoms with van der Waals surface area (Å²) in [6.45, 7) is 2.01. The number of aryl methyl sites for hydroxylation is 1. The molecule has 0 aromatic carbocycles. The smallest absolute Gasteiger partial charge is 0.271 e. The summed E-state index contributed by atoms with van der Waals surface area (Å²) in [7, 11) is 1.51. The van der Waals surface area contributed by atoms with Gasteiger partial charge in [-0.2, -0.15) is 0 Å². The maximum Gasteiger partial charge on any atom is 0.271 e. The Bertz CT molecular complexity index is 775. The Labute approximate surface area is 124 Å². The van der Waals surface area contributed by atoms with E-state index in [9.17, 15) is 14.4 Å². The summed E-state index contributed by atoms with van der Waals surface area (Å²) in [6, 6.07) is 0. The zero-order valence-electron chi connectivity index (χ0n) is 11.5. The predicted molar refractivity (Wildman–Crippen MR) is 79.6 cm³/mol. The van der Waals surface area contributed by atoms with E-state index < -0.39 is 11.5 Å². The van der Waals surface area contributed by atoms with Crippen LogP contribution in [0.2, 0.25) is 0 Å². The first-order valence-electron chi connectivity index (χ1n) is 6.17. The molecule has 110 valence electrons. The predicted octanol–water partition coefficient (Wildman–Crippen LogP) is 0.0964. The summed E-state index contributed by atoms with van der Waals surface area (Å²) in [5.41, 5.74) is -0.434. The van der Waals surface area contributed by atoms with Crippen molar-refractivity contribution in [2.75, 3.05) is 13.6 Å². The van der Waals surface area contributed by atoms with Gasteiger partial charge in [-0.3, -0.25) is 18.8 Å². The summed E-state index contributed by atoms with van der Waals surface area (Å²) < 4.78 is 1.36. The summed E-state index contributed by atoms with van der Waals surface area (Å²) >= 11 is 1.38. The van der Waals surface area contributed by atoms with Crippen LogP contribution in [0.4, 0.5) is 0 Å². The highest BCUT2D eigenvalue weighted by atomic mass is 32.1. The van der Waals surface area contributed by atoms with Gasteiger partial charge in [-0.25, -0.2) is 4.98 Å². The van der Waals surface area contributed by atoms with Crippen molar-refractivity contribution >= 4 is 28.1 Å². The van der Waals surface area contributed by atoms with Crippen molar-refractivity contribution in [1.82, 2.24) is 20.0 Å². The first-order valence-corrected chi connectivity index (χ1v) is 6.99. The molecule has 0 radical (unpaired) electrons. The lowest BCUT2D eigenvalue weighted by Crippen LogP contribution is -2.31. The summed E-state index contributed by atoms with van der Waals surface area (Å²) in [4.78, 5) is 40.6. The minimum absolute atomic E-state index is 0.0290. The third-order valence-electron chi connectivity index (χ3n) is 2.66. The number of likely N-dealkylation sites (N-methyl/N-ethyl adjacent to an activating group) is 1. The van der Waals surface area contributed by atoms with E-state index in [2.05, 4.69) is 15.6 Å². The second kappa shape index (κ2) is 6.31. The zero-order chi connectivity index (χ0) is 15.4. The van der Waals surface area contributed by atoms with E-state index in [1.54, 1.807) is 6.20 Å². The monoisotopic (exact) mass is 306 g/mol. The standard InChI is InChI=1S/C13H14N4O3S/c1-8-7-17-12(20)9(6-16-13(17)21-8)11(19)15-5-3-4-10(18)14-2/h3-4,6-7H,5H2,1-2H3,(H,14,18)(H,15,19)/b4-3+. The Hall–Kier alpha value is -2.48. The fourth-order valence-electron chi connectivity index (χ4n) is 1.65. The van der Waals surface area contributed by atoms with Gasteiger partial charge in [0.05, 0.1) is 0 Å². The fraction of sp³-hybridized carbons (Fsp3) is 0.231. The highest BCUT2D eigenvalue weighted by Gasteiger charge is 2.13. The first kappa shape index (κ1) is 14.9. The number of nitrogens with one attached hydrogen (secondary N) is 2. The number of hydrogen-bond acceptors (Lipinski definition) is 5. The van der Waals surface area contributed by atoms with Crippen molar-refractivity contribution in [3.05, 3.63) is 45.3 Å². The molecular formula is C13H14N4O3S. The molecule has 0 aliphatic heterocycles. The molecule has 21 heavy (non-hydrogen) atoms. The lowest BCUT2D eigenvalue weighted by Gasteiger charge is -2.01. The highest BCUT2D eigenvalue weighted by molar-refractivity contribution is 7.16. The third kappa shape index (κ3) is 3.34. The molecule has 0 aliphatic carbocycles. The molecule has 7 nitrogen and oxygen atoms in total. The molecule has 8 heteroatoms. The number of carbonyl (C=O) groups excluding carboxylic acids is 2. The average molecular weight is 306 g/mol. The van der Waals surface area contributed by atoms with E-state index in [1.807, 2.05) is 6.92 Å². The van der Waals surface area contributed by atoms with Gasteiger partial charge in [0.25, 0.3) is 11.5 Å². The van der Waals surface area contributed by atoms with Crippen molar-refractivity contribution in [2.45, 2.75) is 6.92 Å². The lowest BCUT2D eigenvalue weighted by atomic mass is 10.3. The van der Waals surface area contributed by atoms with E-state index in [1.165, 1.54) is 41.1 Å². The fourth-order valence-corrected chi connectivity index (χ4v) is 2.43. The quantitative estimate of drug-likeness (QED) is 0.783. The SMILES string of the molecule is CNC(=O)/C=C/CNC(=O)c1cnc2sc(C)cn2c1=O. The number of hydrogen-bond donors (Lipinski definition) is 2. The minimum Gasteiger partial charge on any atom is -0.356 e. The Morgan fingerprint density at radius 3 is 2.95 bits per heavy atom. The molecule has 0 bridgehead atoms. The number of amides is 2. The molecule has 2 aromatic rings. The maximum atomic E-state index is 12.2. The van der Waals surface area contributed by atoms with Gasteiger partial charge in [0.2, 0.25) is 5.91 Å². The van der Waals surface area contributed by atoms with Crippen molar-refractivity contribution in [3.8, 4) is 0 Å². The van der Waals surface area contributed by atoms with Crippen LogP contribution in [-0.4, -0.2) is 34.8 Å². The van der Waals surface area contributed by atoms with Gasteiger partial charge in [-0.15, -0.1) is 11.3 Å². The summed E-state index contributed by atoms with van der Waals surface area (Å²) in [6.07, 6.45) is 5.72. The summed E-state index contributed by atoms with van der Waals surface area (Å²) in [5.74, 6) is -0.784. The van der Waals surface area contributed by atoms with Gasteiger partial charge in [0.1, 0.15) is 5.56 Å². The van der Waals surface area contributed by atoms with Crippen LogP contribution in [0.25, 0.3) is 4.96 Å². The number of thiazole rings is 1. The number of aromatic nitrogens is 2. The molecule has 2 aromatic heterocycles. The molecule has 0 spiro atoms. The Kier molecular flexibility index (Phi) is 4.49. The van der Waals surface area contributed by atoms with Gasteiger partial charge in [0, 0.05) is 36.9 Å². The van der Waals surface area contributed by atoms with Crippen LogP contribution >= 0.6 is 11.3 Å². The first-order chi connectivity index (χ1) is 10.0. The van der Waals surface area contributed by atoms with Crippen LogP contribution in [0.15, 0.2) is 29.3 Å². The van der Waals surface area contributed by atoms with Crippen molar-refractivity contribution in [2.24, 2.45) is 0 Å². The van der Waals surface area contributed by atoms with E-state index in [0.29, 0.717) is 4.96 Å². The van der Waals surface area contributed by atoms with Crippen LogP contribution in [0.3, 0.4) is 0 Å². The molecule has 0 saturated heterocycles. The molecule has 2 amide bonds. The largest absolute Gasteiger partial charge is 0.356 e. The van der Waals surface area contributed by atoms with E-state index in [4.69, 9.17) is 0 Å². The van der Waals surface area contributed by atoms with E-state index >= 15 is 0 Å². The van der Waals surface area contributed by atoms with Crippen LogP contribution in [0.1, 0.15) is 15.2 Å². The molecule has 2 N–H and O–H groups in total. The molecule has 0 atom stereocenters. The Balaban J connectivity index is 2.13. The Morgan fingerprint density at radius 2 is 2.24 bits per heavy atom. The second-order valence-corrected chi connectivity index (χ2v) is 5.41. The third-order valence-corrected chi connectivity index (χ3v) is 3.58.